The Morgan fingerprint density at radius 1 is 1.24 bits per heavy atom. The Hall–Kier alpha value is -1.10. The molecule has 4 heteroatoms. The highest BCUT2D eigenvalue weighted by atomic mass is 16.5. The molecule has 0 bridgehead atoms. The van der Waals surface area contributed by atoms with E-state index in [2.05, 4.69) is 0 Å². The molecule has 1 aliphatic carbocycles. The van der Waals surface area contributed by atoms with Crippen molar-refractivity contribution in [1.82, 2.24) is 0 Å². The van der Waals surface area contributed by atoms with Gasteiger partial charge in [0.05, 0.1) is 31.5 Å². The summed E-state index contributed by atoms with van der Waals surface area (Å²) >= 11 is 0. The summed E-state index contributed by atoms with van der Waals surface area (Å²) in [7, 11) is 1.77. The Labute approximate surface area is 127 Å². The van der Waals surface area contributed by atoms with Gasteiger partial charge in [-0.1, -0.05) is 18.2 Å². The molecule has 1 fully saturated rings. The van der Waals surface area contributed by atoms with Crippen molar-refractivity contribution in [3.63, 3.8) is 0 Å². The van der Waals surface area contributed by atoms with E-state index in [9.17, 15) is 0 Å². The zero-order valence-corrected chi connectivity index (χ0v) is 13.1. The van der Waals surface area contributed by atoms with Crippen LogP contribution in [-0.2, 0) is 9.47 Å². The molecule has 3 unspecified atom stereocenters. The predicted octanol–water partition coefficient (Wildman–Crippen LogP) is 3.06. The molecule has 4 nitrogen and oxygen atoms in total. The van der Waals surface area contributed by atoms with Crippen LogP contribution in [0, 0.1) is 0 Å². The third kappa shape index (κ3) is 4.70. The van der Waals surface area contributed by atoms with Crippen LogP contribution in [0.4, 0.5) is 0 Å². The van der Waals surface area contributed by atoms with Crippen molar-refractivity contribution in [2.45, 2.75) is 50.9 Å². The molecule has 1 aliphatic rings. The van der Waals surface area contributed by atoms with Gasteiger partial charge in [0.1, 0.15) is 5.75 Å². The lowest BCUT2D eigenvalue weighted by atomic mass is 9.95. The fourth-order valence-corrected chi connectivity index (χ4v) is 2.87. The quantitative estimate of drug-likeness (QED) is 0.839. The highest BCUT2D eigenvalue weighted by molar-refractivity contribution is 5.35. The summed E-state index contributed by atoms with van der Waals surface area (Å²) in [6, 6.07) is 7.76. The van der Waals surface area contributed by atoms with E-state index in [1.807, 2.05) is 31.2 Å². The molecule has 1 aromatic rings. The van der Waals surface area contributed by atoms with Crippen molar-refractivity contribution in [2.75, 3.05) is 20.3 Å². The highest BCUT2D eigenvalue weighted by Gasteiger charge is 2.23. The van der Waals surface area contributed by atoms with Crippen LogP contribution >= 0.6 is 0 Å². The maximum atomic E-state index is 6.27. The van der Waals surface area contributed by atoms with Crippen LogP contribution in [0.25, 0.3) is 0 Å². The molecule has 0 aromatic heterocycles. The van der Waals surface area contributed by atoms with E-state index < -0.39 is 0 Å². The predicted molar refractivity (Wildman–Crippen MR) is 83.5 cm³/mol. The number of hydrogen-bond acceptors (Lipinski definition) is 4. The first-order valence-electron chi connectivity index (χ1n) is 7.86. The molecule has 1 aromatic carbocycles. The standard InChI is InChI=1S/C17H27NO3/c1-3-20-17-10-5-4-9-15(17)16(18)12-21-14-8-6-7-13(11-14)19-2/h4-5,9-10,13-14,16H,3,6-8,11-12,18H2,1-2H3. The fraction of sp³-hybridized carbons (Fsp3) is 0.647. The van der Waals surface area contributed by atoms with Gasteiger partial charge in [0.2, 0.25) is 0 Å². The van der Waals surface area contributed by atoms with E-state index in [1.54, 1.807) is 7.11 Å². The first-order chi connectivity index (χ1) is 10.2. The van der Waals surface area contributed by atoms with Crippen LogP contribution in [0.3, 0.4) is 0 Å². The van der Waals surface area contributed by atoms with Gasteiger partial charge in [0, 0.05) is 12.7 Å². The van der Waals surface area contributed by atoms with Crippen molar-refractivity contribution in [3.8, 4) is 5.75 Å². The summed E-state index contributed by atoms with van der Waals surface area (Å²) in [6.07, 6.45) is 4.95. The van der Waals surface area contributed by atoms with Gasteiger partial charge in [0.15, 0.2) is 0 Å². The lowest BCUT2D eigenvalue weighted by Crippen LogP contribution is -2.30. The van der Waals surface area contributed by atoms with E-state index in [1.165, 1.54) is 0 Å². The van der Waals surface area contributed by atoms with Gasteiger partial charge in [-0.15, -0.1) is 0 Å². The SMILES string of the molecule is CCOc1ccccc1C(N)COC1CCCC(OC)C1. The summed E-state index contributed by atoms with van der Waals surface area (Å²) in [4.78, 5) is 0. The molecule has 2 N–H and O–H groups in total. The minimum Gasteiger partial charge on any atom is -0.494 e. The van der Waals surface area contributed by atoms with E-state index >= 15 is 0 Å². The molecule has 0 heterocycles. The number of ether oxygens (including phenoxy) is 3. The maximum absolute atomic E-state index is 6.27. The van der Waals surface area contributed by atoms with Crippen LogP contribution in [0.1, 0.15) is 44.2 Å². The van der Waals surface area contributed by atoms with Crippen molar-refractivity contribution >= 4 is 0 Å². The first-order valence-corrected chi connectivity index (χ1v) is 7.86. The molecule has 0 aliphatic heterocycles. The van der Waals surface area contributed by atoms with Crippen LogP contribution in [0.2, 0.25) is 0 Å². The van der Waals surface area contributed by atoms with E-state index in [4.69, 9.17) is 19.9 Å². The normalized spacial score (nSPS) is 23.8. The fourth-order valence-electron chi connectivity index (χ4n) is 2.87. The Morgan fingerprint density at radius 2 is 2.00 bits per heavy atom. The second-order valence-corrected chi connectivity index (χ2v) is 5.56. The minimum atomic E-state index is -0.157. The summed E-state index contributed by atoms with van der Waals surface area (Å²) in [6.45, 7) is 3.14. The van der Waals surface area contributed by atoms with E-state index in [-0.39, 0.29) is 12.1 Å². The molecule has 3 atom stereocenters. The van der Waals surface area contributed by atoms with Crippen molar-refractivity contribution in [2.24, 2.45) is 5.73 Å². The molecule has 2 rings (SSSR count). The molecule has 118 valence electrons. The lowest BCUT2D eigenvalue weighted by Gasteiger charge is -2.29. The molecule has 0 spiro atoms. The Morgan fingerprint density at radius 3 is 2.76 bits per heavy atom. The van der Waals surface area contributed by atoms with Crippen LogP contribution < -0.4 is 10.5 Å². The van der Waals surface area contributed by atoms with Crippen LogP contribution in [-0.4, -0.2) is 32.5 Å². The molecule has 0 radical (unpaired) electrons. The van der Waals surface area contributed by atoms with E-state index in [0.29, 0.717) is 19.3 Å². The number of methoxy groups -OCH3 is 1. The number of rotatable bonds is 7. The average molecular weight is 293 g/mol. The number of nitrogens with two attached hydrogens (primary N) is 1. The summed E-state index contributed by atoms with van der Waals surface area (Å²) in [5.41, 5.74) is 7.29. The van der Waals surface area contributed by atoms with Gasteiger partial charge in [-0.05, 0) is 38.7 Å². The number of benzene rings is 1. The largest absolute Gasteiger partial charge is 0.494 e. The molecule has 0 amide bonds. The number of hydrogen-bond donors (Lipinski definition) is 1. The Balaban J connectivity index is 1.88. The maximum Gasteiger partial charge on any atom is 0.124 e. The molecule has 21 heavy (non-hydrogen) atoms. The van der Waals surface area contributed by atoms with Gasteiger partial charge < -0.3 is 19.9 Å². The average Bonchev–Trinajstić information content (AvgIpc) is 2.53. The van der Waals surface area contributed by atoms with Gasteiger partial charge >= 0.3 is 0 Å². The number of para-hydroxylation sites is 1. The van der Waals surface area contributed by atoms with E-state index in [0.717, 1.165) is 37.0 Å². The second kappa shape index (κ2) is 8.37. The molecular weight excluding hydrogens is 266 g/mol. The van der Waals surface area contributed by atoms with Crippen molar-refractivity contribution < 1.29 is 14.2 Å². The van der Waals surface area contributed by atoms with Gasteiger partial charge in [-0.3, -0.25) is 0 Å². The third-order valence-electron chi connectivity index (χ3n) is 4.04. The minimum absolute atomic E-state index is 0.157. The lowest BCUT2D eigenvalue weighted by molar-refractivity contribution is -0.0334. The summed E-state index contributed by atoms with van der Waals surface area (Å²) in [5.74, 6) is 0.856. The summed E-state index contributed by atoms with van der Waals surface area (Å²) in [5, 5.41) is 0. The zero-order valence-electron chi connectivity index (χ0n) is 13.1. The van der Waals surface area contributed by atoms with Crippen LogP contribution in [0.15, 0.2) is 24.3 Å². The summed E-state index contributed by atoms with van der Waals surface area (Å²) < 4.78 is 17.1. The van der Waals surface area contributed by atoms with Gasteiger partial charge in [-0.25, -0.2) is 0 Å². The third-order valence-corrected chi connectivity index (χ3v) is 4.04. The molecule has 1 saturated carbocycles. The molecule has 0 saturated heterocycles. The Bertz CT molecular complexity index is 424. The van der Waals surface area contributed by atoms with Crippen molar-refractivity contribution in [1.29, 1.82) is 0 Å². The highest BCUT2D eigenvalue weighted by Crippen LogP contribution is 2.27. The van der Waals surface area contributed by atoms with Gasteiger partial charge in [-0.2, -0.15) is 0 Å². The van der Waals surface area contributed by atoms with Gasteiger partial charge in [0.25, 0.3) is 0 Å². The smallest absolute Gasteiger partial charge is 0.124 e. The van der Waals surface area contributed by atoms with Crippen molar-refractivity contribution in [3.05, 3.63) is 29.8 Å². The van der Waals surface area contributed by atoms with Crippen LogP contribution in [0.5, 0.6) is 5.75 Å². The monoisotopic (exact) mass is 293 g/mol. The molecular formula is C17H27NO3. The Kier molecular flexibility index (Phi) is 6.49. The topological polar surface area (TPSA) is 53.7 Å². The first kappa shape index (κ1) is 16.3. The zero-order chi connectivity index (χ0) is 15.1. The second-order valence-electron chi connectivity index (χ2n) is 5.56.